The molecule has 0 aliphatic carbocycles. The lowest BCUT2D eigenvalue weighted by atomic mass is 9.77. The molecule has 0 aromatic heterocycles. The molecule has 0 aromatic carbocycles. The van der Waals surface area contributed by atoms with Gasteiger partial charge in [-0.1, -0.05) is 13.8 Å². The Morgan fingerprint density at radius 1 is 1.21 bits per heavy atom. The van der Waals surface area contributed by atoms with Crippen molar-refractivity contribution < 1.29 is 9.53 Å². The fourth-order valence-electron chi connectivity index (χ4n) is 3.87. The van der Waals surface area contributed by atoms with Crippen LogP contribution in [0.25, 0.3) is 0 Å². The van der Waals surface area contributed by atoms with Gasteiger partial charge in [0.15, 0.2) is 0 Å². The smallest absolute Gasteiger partial charge is 0.225 e. The van der Waals surface area contributed by atoms with E-state index >= 15 is 0 Å². The molecule has 0 saturated carbocycles. The summed E-state index contributed by atoms with van der Waals surface area (Å²) in [5.74, 6) is 0.475. The zero-order valence-electron chi connectivity index (χ0n) is 12.2. The average Bonchev–Trinajstić information content (AvgIpc) is 2.82. The lowest BCUT2D eigenvalue weighted by molar-refractivity contribution is -0.134. The van der Waals surface area contributed by atoms with Crippen LogP contribution in [-0.2, 0) is 9.53 Å². The van der Waals surface area contributed by atoms with Gasteiger partial charge in [-0.05, 0) is 19.3 Å². The lowest BCUT2D eigenvalue weighted by Crippen LogP contribution is -2.61. The van der Waals surface area contributed by atoms with Gasteiger partial charge < -0.3 is 9.64 Å². The number of likely N-dealkylation sites (tertiary alicyclic amines) is 2. The summed E-state index contributed by atoms with van der Waals surface area (Å²) in [5, 5.41) is 0. The van der Waals surface area contributed by atoms with Crippen LogP contribution in [0.5, 0.6) is 0 Å². The molecule has 108 valence electrons. The quantitative estimate of drug-likeness (QED) is 0.756. The molecule has 3 fully saturated rings. The Kier molecular flexibility index (Phi) is 3.56. The van der Waals surface area contributed by atoms with Crippen LogP contribution >= 0.6 is 0 Å². The highest BCUT2D eigenvalue weighted by Crippen LogP contribution is 2.42. The van der Waals surface area contributed by atoms with Crippen LogP contribution in [0, 0.1) is 11.3 Å². The minimum absolute atomic E-state index is 0.141. The van der Waals surface area contributed by atoms with E-state index < -0.39 is 0 Å². The number of ether oxygens (including phenoxy) is 1. The molecular weight excluding hydrogens is 240 g/mol. The summed E-state index contributed by atoms with van der Waals surface area (Å²) in [6.45, 7) is 10.2. The predicted molar refractivity (Wildman–Crippen MR) is 73.9 cm³/mol. The van der Waals surface area contributed by atoms with Crippen LogP contribution in [0.4, 0.5) is 0 Å². The van der Waals surface area contributed by atoms with Crippen molar-refractivity contribution in [2.45, 2.75) is 39.2 Å². The van der Waals surface area contributed by atoms with E-state index in [0.717, 1.165) is 32.3 Å². The SMILES string of the molecule is CC(C)C(=O)N1CCC2(C1)CN(C1CCOCC1)C2. The van der Waals surface area contributed by atoms with Crippen molar-refractivity contribution in [3.8, 4) is 0 Å². The molecule has 4 heteroatoms. The zero-order chi connectivity index (χ0) is 13.5. The fourth-order valence-corrected chi connectivity index (χ4v) is 3.87. The number of hydrogen-bond acceptors (Lipinski definition) is 3. The zero-order valence-corrected chi connectivity index (χ0v) is 12.2. The van der Waals surface area contributed by atoms with Gasteiger partial charge in [-0.2, -0.15) is 0 Å². The Balaban J connectivity index is 1.51. The Bertz CT molecular complexity index is 344. The Morgan fingerprint density at radius 2 is 1.89 bits per heavy atom. The molecule has 3 saturated heterocycles. The molecule has 0 unspecified atom stereocenters. The highest BCUT2D eigenvalue weighted by Gasteiger charge is 2.50. The molecule has 1 spiro atoms. The summed E-state index contributed by atoms with van der Waals surface area (Å²) in [4.78, 5) is 16.8. The number of hydrogen-bond donors (Lipinski definition) is 0. The van der Waals surface area contributed by atoms with Crippen LogP contribution in [0.3, 0.4) is 0 Å². The van der Waals surface area contributed by atoms with E-state index in [1.54, 1.807) is 0 Å². The third kappa shape index (κ3) is 2.52. The molecule has 3 aliphatic rings. The molecule has 0 radical (unpaired) electrons. The van der Waals surface area contributed by atoms with Crippen LogP contribution in [0.2, 0.25) is 0 Å². The van der Waals surface area contributed by atoms with Crippen LogP contribution in [0.1, 0.15) is 33.1 Å². The van der Waals surface area contributed by atoms with Gasteiger partial charge in [0.2, 0.25) is 5.91 Å². The van der Waals surface area contributed by atoms with Crippen molar-refractivity contribution in [2.24, 2.45) is 11.3 Å². The van der Waals surface area contributed by atoms with Gasteiger partial charge in [0, 0.05) is 56.8 Å². The average molecular weight is 266 g/mol. The molecule has 3 aliphatic heterocycles. The Hall–Kier alpha value is -0.610. The lowest BCUT2D eigenvalue weighted by Gasteiger charge is -2.52. The molecule has 0 aromatic rings. The third-order valence-corrected chi connectivity index (χ3v) is 5.03. The van der Waals surface area contributed by atoms with Gasteiger partial charge in [-0.25, -0.2) is 0 Å². The standard InChI is InChI=1S/C15H26N2O2/c1-12(2)14(18)16-6-5-15(9-16)10-17(11-15)13-3-7-19-8-4-13/h12-13H,3-11H2,1-2H3. The number of carbonyl (C=O) groups excluding carboxylic acids is 1. The summed E-state index contributed by atoms with van der Waals surface area (Å²) in [5.41, 5.74) is 0.419. The second-order valence-corrected chi connectivity index (χ2v) is 6.91. The maximum atomic E-state index is 12.1. The van der Waals surface area contributed by atoms with E-state index in [1.807, 2.05) is 13.8 Å². The number of amides is 1. The predicted octanol–water partition coefficient (Wildman–Crippen LogP) is 1.36. The molecule has 19 heavy (non-hydrogen) atoms. The van der Waals surface area contributed by atoms with E-state index in [0.29, 0.717) is 11.3 Å². The molecule has 0 atom stereocenters. The summed E-state index contributed by atoms with van der Waals surface area (Å²) < 4.78 is 5.43. The van der Waals surface area contributed by atoms with Crippen molar-refractivity contribution in [3.05, 3.63) is 0 Å². The van der Waals surface area contributed by atoms with Crippen molar-refractivity contribution >= 4 is 5.91 Å². The summed E-state index contributed by atoms with van der Waals surface area (Å²) in [6.07, 6.45) is 3.57. The molecule has 4 nitrogen and oxygen atoms in total. The van der Waals surface area contributed by atoms with E-state index in [4.69, 9.17) is 4.74 Å². The van der Waals surface area contributed by atoms with Gasteiger partial charge >= 0.3 is 0 Å². The number of nitrogens with zero attached hydrogens (tertiary/aromatic N) is 2. The summed E-state index contributed by atoms with van der Waals surface area (Å²) in [6, 6.07) is 0.731. The molecule has 3 heterocycles. The van der Waals surface area contributed by atoms with Crippen LogP contribution in [-0.4, -0.2) is 61.1 Å². The topological polar surface area (TPSA) is 32.8 Å². The normalized spacial score (nSPS) is 28.1. The van der Waals surface area contributed by atoms with E-state index in [2.05, 4.69) is 9.80 Å². The largest absolute Gasteiger partial charge is 0.381 e. The van der Waals surface area contributed by atoms with Crippen LogP contribution in [0.15, 0.2) is 0 Å². The first kappa shape index (κ1) is 13.4. The number of carbonyl (C=O) groups is 1. The molecule has 0 bridgehead atoms. The van der Waals surface area contributed by atoms with E-state index in [1.165, 1.54) is 32.4 Å². The van der Waals surface area contributed by atoms with E-state index in [-0.39, 0.29) is 5.92 Å². The van der Waals surface area contributed by atoms with Gasteiger partial charge in [0.05, 0.1) is 0 Å². The second kappa shape index (κ2) is 5.06. The van der Waals surface area contributed by atoms with Crippen molar-refractivity contribution in [1.29, 1.82) is 0 Å². The summed E-state index contributed by atoms with van der Waals surface area (Å²) in [7, 11) is 0. The van der Waals surface area contributed by atoms with Gasteiger partial charge in [0.25, 0.3) is 0 Å². The monoisotopic (exact) mass is 266 g/mol. The highest BCUT2D eigenvalue weighted by atomic mass is 16.5. The number of rotatable bonds is 2. The molecule has 3 rings (SSSR count). The molecule has 1 amide bonds. The van der Waals surface area contributed by atoms with Crippen molar-refractivity contribution in [1.82, 2.24) is 9.80 Å². The molecule has 0 N–H and O–H groups in total. The van der Waals surface area contributed by atoms with Crippen molar-refractivity contribution in [3.63, 3.8) is 0 Å². The van der Waals surface area contributed by atoms with Gasteiger partial charge in [0.1, 0.15) is 0 Å². The van der Waals surface area contributed by atoms with Crippen LogP contribution < -0.4 is 0 Å². The first-order chi connectivity index (χ1) is 9.10. The van der Waals surface area contributed by atoms with Gasteiger partial charge in [-0.15, -0.1) is 0 Å². The first-order valence-corrected chi connectivity index (χ1v) is 7.70. The Labute approximate surface area is 116 Å². The minimum atomic E-state index is 0.141. The van der Waals surface area contributed by atoms with Gasteiger partial charge in [-0.3, -0.25) is 9.69 Å². The minimum Gasteiger partial charge on any atom is -0.381 e. The highest BCUT2D eigenvalue weighted by molar-refractivity contribution is 5.78. The van der Waals surface area contributed by atoms with E-state index in [9.17, 15) is 4.79 Å². The fraction of sp³-hybridized carbons (Fsp3) is 0.933. The molecular formula is C15H26N2O2. The maximum absolute atomic E-state index is 12.1. The maximum Gasteiger partial charge on any atom is 0.225 e. The first-order valence-electron chi connectivity index (χ1n) is 7.70. The van der Waals surface area contributed by atoms with Crippen molar-refractivity contribution in [2.75, 3.05) is 39.4 Å². The second-order valence-electron chi connectivity index (χ2n) is 6.91. The Morgan fingerprint density at radius 3 is 2.53 bits per heavy atom. The third-order valence-electron chi connectivity index (χ3n) is 5.03. The summed E-state index contributed by atoms with van der Waals surface area (Å²) >= 11 is 0.